The van der Waals surface area contributed by atoms with Crippen LogP contribution in [-0.2, 0) is 16.4 Å². The number of thiophene rings is 1. The molecule has 0 aliphatic heterocycles. The number of rotatable bonds is 6. The van der Waals surface area contributed by atoms with Crippen molar-refractivity contribution < 1.29 is 22.7 Å². The topological polar surface area (TPSA) is 96.6 Å². The Balaban J connectivity index is 2.14. The third-order valence-corrected chi connectivity index (χ3v) is 5.22. The summed E-state index contributed by atoms with van der Waals surface area (Å²) in [7, 11) is -3.86. The highest BCUT2D eigenvalue weighted by Gasteiger charge is 2.25. The summed E-state index contributed by atoms with van der Waals surface area (Å²) in [6.07, 6.45) is 1.90. The van der Waals surface area contributed by atoms with Gasteiger partial charge in [-0.05, 0) is 30.5 Å². The van der Waals surface area contributed by atoms with Crippen molar-refractivity contribution in [1.82, 2.24) is 4.72 Å². The Labute approximate surface area is 120 Å². The van der Waals surface area contributed by atoms with Crippen molar-refractivity contribution in [2.75, 3.05) is 0 Å². The molecule has 0 fully saturated rings. The fourth-order valence-corrected chi connectivity index (χ4v) is 4.27. The molecule has 0 radical (unpaired) electrons. The molecule has 0 saturated heterocycles. The molecule has 0 aliphatic carbocycles. The van der Waals surface area contributed by atoms with Crippen molar-refractivity contribution in [3.05, 3.63) is 40.5 Å². The van der Waals surface area contributed by atoms with Crippen molar-refractivity contribution in [3.8, 4) is 0 Å². The first kappa shape index (κ1) is 14.8. The Bertz CT molecular complexity index is 687. The molecule has 0 saturated carbocycles. The van der Waals surface area contributed by atoms with Crippen LogP contribution in [-0.4, -0.2) is 25.5 Å². The molecule has 2 aromatic heterocycles. The van der Waals surface area contributed by atoms with Gasteiger partial charge >= 0.3 is 5.97 Å². The molecule has 2 aromatic rings. The minimum atomic E-state index is -3.86. The molecule has 2 N–H and O–H groups in total. The van der Waals surface area contributed by atoms with Crippen LogP contribution in [0.25, 0.3) is 0 Å². The van der Waals surface area contributed by atoms with E-state index in [0.717, 1.165) is 11.3 Å². The number of hydrogen-bond donors (Lipinski definition) is 2. The lowest BCUT2D eigenvalue weighted by Gasteiger charge is -2.12. The monoisotopic (exact) mass is 315 g/mol. The van der Waals surface area contributed by atoms with Gasteiger partial charge in [-0.1, -0.05) is 0 Å². The Morgan fingerprint density at radius 1 is 1.50 bits per heavy atom. The van der Waals surface area contributed by atoms with Gasteiger partial charge in [0.25, 0.3) is 0 Å². The Morgan fingerprint density at radius 2 is 2.25 bits per heavy atom. The number of carbonyl (C=O) groups is 1. The van der Waals surface area contributed by atoms with E-state index >= 15 is 0 Å². The van der Waals surface area contributed by atoms with Crippen LogP contribution in [0.15, 0.2) is 39.2 Å². The van der Waals surface area contributed by atoms with E-state index in [2.05, 4.69) is 4.72 Å². The molecule has 20 heavy (non-hydrogen) atoms. The van der Waals surface area contributed by atoms with Gasteiger partial charge in [0.15, 0.2) is 0 Å². The molecule has 8 heteroatoms. The van der Waals surface area contributed by atoms with Gasteiger partial charge in [0.05, 0.1) is 6.26 Å². The van der Waals surface area contributed by atoms with Crippen LogP contribution in [0, 0.1) is 0 Å². The third kappa shape index (κ3) is 3.27. The molecule has 0 spiro atoms. The number of carboxylic acid groups (broad SMARTS) is 1. The van der Waals surface area contributed by atoms with E-state index in [-0.39, 0.29) is 9.77 Å². The maximum absolute atomic E-state index is 12.2. The highest BCUT2D eigenvalue weighted by Crippen LogP contribution is 2.22. The largest absolute Gasteiger partial charge is 0.477 e. The van der Waals surface area contributed by atoms with Crippen molar-refractivity contribution in [3.63, 3.8) is 0 Å². The molecule has 0 bridgehead atoms. The van der Waals surface area contributed by atoms with E-state index in [1.54, 1.807) is 19.1 Å². The first-order chi connectivity index (χ1) is 9.40. The van der Waals surface area contributed by atoms with E-state index < -0.39 is 22.0 Å². The molecular weight excluding hydrogens is 302 g/mol. The van der Waals surface area contributed by atoms with Crippen LogP contribution < -0.4 is 4.72 Å². The van der Waals surface area contributed by atoms with Gasteiger partial charge in [0.2, 0.25) is 10.0 Å². The van der Waals surface area contributed by atoms with Crippen LogP contribution in [0.5, 0.6) is 0 Å². The smallest absolute Gasteiger partial charge is 0.347 e. The molecule has 0 aromatic carbocycles. The third-order valence-electron chi connectivity index (χ3n) is 2.56. The molecule has 6 nitrogen and oxygen atoms in total. The summed E-state index contributed by atoms with van der Waals surface area (Å²) in [4.78, 5) is 10.6. The zero-order valence-electron chi connectivity index (χ0n) is 10.6. The number of nitrogens with one attached hydrogen (secondary N) is 1. The van der Waals surface area contributed by atoms with Gasteiger partial charge in [-0.2, -0.15) is 0 Å². The summed E-state index contributed by atoms with van der Waals surface area (Å²) >= 11 is 0.880. The van der Waals surface area contributed by atoms with E-state index in [1.165, 1.54) is 17.7 Å². The fraction of sp³-hybridized carbons (Fsp3) is 0.250. The van der Waals surface area contributed by atoms with E-state index in [1.807, 2.05) is 0 Å². The second-order valence-electron chi connectivity index (χ2n) is 4.22. The van der Waals surface area contributed by atoms with Gasteiger partial charge < -0.3 is 9.52 Å². The lowest BCUT2D eigenvalue weighted by atomic mass is 10.2. The number of furan rings is 1. The van der Waals surface area contributed by atoms with E-state index in [4.69, 9.17) is 9.52 Å². The molecule has 1 unspecified atom stereocenters. The predicted molar refractivity (Wildman–Crippen MR) is 73.5 cm³/mol. The fourth-order valence-electron chi connectivity index (χ4n) is 1.77. The number of hydrogen-bond acceptors (Lipinski definition) is 5. The first-order valence-corrected chi connectivity index (χ1v) is 8.12. The van der Waals surface area contributed by atoms with Crippen LogP contribution in [0.1, 0.15) is 22.4 Å². The second-order valence-corrected chi connectivity index (χ2v) is 6.82. The Morgan fingerprint density at radius 3 is 2.85 bits per heavy atom. The highest BCUT2D eigenvalue weighted by molar-refractivity contribution is 7.89. The summed E-state index contributed by atoms with van der Waals surface area (Å²) in [5.41, 5.74) is 0. The minimum absolute atomic E-state index is 0.192. The molecule has 1 atom stereocenters. The summed E-state index contributed by atoms with van der Waals surface area (Å²) in [6.45, 7) is 1.69. The van der Waals surface area contributed by atoms with Gasteiger partial charge in [0.1, 0.15) is 15.5 Å². The summed E-state index contributed by atoms with van der Waals surface area (Å²) in [5.74, 6) is -0.594. The molecule has 2 heterocycles. The standard InChI is InChI=1S/C12H13NO5S2/c1-8(7-9-3-2-5-18-9)13-20(16,17)10-4-6-19-11(10)12(14)15/h2-6,8,13H,7H2,1H3,(H,14,15). The highest BCUT2D eigenvalue weighted by atomic mass is 32.2. The van der Waals surface area contributed by atoms with E-state index in [0.29, 0.717) is 12.2 Å². The normalized spacial score (nSPS) is 13.2. The molecule has 2 rings (SSSR count). The second kappa shape index (κ2) is 5.78. The Kier molecular flexibility index (Phi) is 4.26. The van der Waals surface area contributed by atoms with Gasteiger partial charge in [-0.25, -0.2) is 17.9 Å². The van der Waals surface area contributed by atoms with Crippen molar-refractivity contribution in [2.24, 2.45) is 0 Å². The number of sulfonamides is 1. The molecule has 108 valence electrons. The van der Waals surface area contributed by atoms with Crippen molar-refractivity contribution in [1.29, 1.82) is 0 Å². The SMILES string of the molecule is CC(Cc1ccco1)NS(=O)(=O)c1ccsc1C(=O)O. The summed E-state index contributed by atoms with van der Waals surface area (Å²) < 4.78 is 31.9. The molecule has 0 aliphatic rings. The van der Waals surface area contributed by atoms with Gasteiger partial charge in [0, 0.05) is 12.5 Å². The van der Waals surface area contributed by atoms with Crippen LogP contribution in [0.3, 0.4) is 0 Å². The van der Waals surface area contributed by atoms with Crippen LogP contribution >= 0.6 is 11.3 Å². The maximum atomic E-state index is 12.2. The zero-order valence-corrected chi connectivity index (χ0v) is 12.2. The van der Waals surface area contributed by atoms with Crippen molar-refractivity contribution in [2.45, 2.75) is 24.3 Å². The Hall–Kier alpha value is -1.64. The predicted octanol–water partition coefficient (Wildman–Crippen LogP) is 1.95. The van der Waals surface area contributed by atoms with Crippen molar-refractivity contribution >= 4 is 27.3 Å². The van der Waals surface area contributed by atoms with Gasteiger partial charge in [-0.3, -0.25) is 0 Å². The zero-order chi connectivity index (χ0) is 14.8. The van der Waals surface area contributed by atoms with E-state index in [9.17, 15) is 13.2 Å². The van der Waals surface area contributed by atoms with Crippen LogP contribution in [0.2, 0.25) is 0 Å². The molecule has 0 amide bonds. The van der Waals surface area contributed by atoms with Crippen LogP contribution in [0.4, 0.5) is 0 Å². The number of carboxylic acids is 1. The summed E-state index contributed by atoms with van der Waals surface area (Å²) in [6, 6.07) is 4.35. The maximum Gasteiger partial charge on any atom is 0.347 e. The lowest BCUT2D eigenvalue weighted by molar-refractivity contribution is 0.0698. The average molecular weight is 315 g/mol. The van der Waals surface area contributed by atoms with Gasteiger partial charge in [-0.15, -0.1) is 11.3 Å². The summed E-state index contributed by atoms with van der Waals surface area (Å²) in [5, 5.41) is 10.4. The average Bonchev–Trinajstić information content (AvgIpc) is 2.97. The molecular formula is C12H13NO5S2. The minimum Gasteiger partial charge on any atom is -0.477 e. The lowest BCUT2D eigenvalue weighted by Crippen LogP contribution is -2.34. The number of aromatic carboxylic acids is 1. The first-order valence-electron chi connectivity index (χ1n) is 5.75. The quantitative estimate of drug-likeness (QED) is 0.849.